The Labute approximate surface area is 91.9 Å². The molecule has 0 aliphatic heterocycles. The molecule has 0 N–H and O–H groups in total. The maximum atomic E-state index is 12.8. The fourth-order valence-electron chi connectivity index (χ4n) is 1.63. The summed E-state index contributed by atoms with van der Waals surface area (Å²) in [4.78, 5) is 0. The number of halogens is 1. The number of nitrogens with zero attached hydrogens (tertiary/aromatic N) is 2. The summed E-state index contributed by atoms with van der Waals surface area (Å²) in [5.74, 6) is -0.242. The van der Waals surface area contributed by atoms with Crippen molar-refractivity contribution < 1.29 is 4.39 Å². The number of benzene rings is 2. The van der Waals surface area contributed by atoms with Crippen LogP contribution < -0.4 is 0 Å². The minimum Gasteiger partial charge on any atom is -0.240 e. The summed E-state index contributed by atoms with van der Waals surface area (Å²) in [6.45, 7) is 0. The lowest BCUT2D eigenvalue weighted by Crippen LogP contribution is -1.93. The lowest BCUT2D eigenvalue weighted by molar-refractivity contribution is 0.627. The van der Waals surface area contributed by atoms with Crippen LogP contribution in [-0.2, 0) is 0 Å². The van der Waals surface area contributed by atoms with Gasteiger partial charge in [0.15, 0.2) is 0 Å². The predicted octanol–water partition coefficient (Wildman–Crippen LogP) is 2.96. The predicted molar refractivity (Wildman–Crippen MR) is 59.9 cm³/mol. The van der Waals surface area contributed by atoms with E-state index in [1.165, 1.54) is 12.1 Å². The highest BCUT2D eigenvalue weighted by atomic mass is 19.1. The molecule has 0 atom stereocenters. The first-order chi connectivity index (χ1) is 7.83. The van der Waals surface area contributed by atoms with Crippen molar-refractivity contribution in [3.63, 3.8) is 0 Å². The van der Waals surface area contributed by atoms with E-state index in [1.807, 2.05) is 24.4 Å². The Morgan fingerprint density at radius 2 is 1.94 bits per heavy atom. The summed E-state index contributed by atoms with van der Waals surface area (Å²) < 4.78 is 14.5. The number of aromatic nitrogens is 2. The van der Waals surface area contributed by atoms with Gasteiger partial charge in [-0.2, -0.15) is 5.10 Å². The van der Waals surface area contributed by atoms with Gasteiger partial charge in [0.2, 0.25) is 0 Å². The van der Waals surface area contributed by atoms with Gasteiger partial charge < -0.3 is 0 Å². The molecule has 0 saturated heterocycles. The van der Waals surface area contributed by atoms with Gasteiger partial charge >= 0.3 is 0 Å². The third-order valence-electron chi connectivity index (χ3n) is 2.44. The van der Waals surface area contributed by atoms with Crippen LogP contribution in [0.1, 0.15) is 0 Å². The normalized spacial score (nSPS) is 10.8. The van der Waals surface area contributed by atoms with E-state index in [1.54, 1.807) is 16.8 Å². The van der Waals surface area contributed by atoms with Gasteiger partial charge in [0.1, 0.15) is 5.82 Å². The maximum absolute atomic E-state index is 12.8. The lowest BCUT2D eigenvalue weighted by Gasteiger charge is -1.99. The quantitative estimate of drug-likeness (QED) is 0.605. The van der Waals surface area contributed by atoms with Crippen molar-refractivity contribution in [1.29, 1.82) is 0 Å². The first-order valence-electron chi connectivity index (χ1n) is 4.94. The fraction of sp³-hybridized carbons (Fsp3) is 0. The highest BCUT2D eigenvalue weighted by Crippen LogP contribution is 2.15. The number of hydrogen-bond acceptors (Lipinski definition) is 1. The Morgan fingerprint density at radius 1 is 1.12 bits per heavy atom. The maximum Gasteiger partial charge on any atom is 0.123 e. The zero-order valence-corrected chi connectivity index (χ0v) is 8.39. The second-order valence-electron chi connectivity index (χ2n) is 3.54. The molecule has 0 unspecified atom stereocenters. The summed E-state index contributed by atoms with van der Waals surface area (Å²) in [6, 6.07) is 14.8. The van der Waals surface area contributed by atoms with Crippen LogP contribution >= 0.6 is 0 Å². The SMILES string of the molecule is Fc1ccc(-n2cc3cc[c]cc3n2)cc1. The molecule has 0 fully saturated rings. The third-order valence-corrected chi connectivity index (χ3v) is 2.44. The Kier molecular flexibility index (Phi) is 1.96. The van der Waals surface area contributed by atoms with Gasteiger partial charge in [-0.25, -0.2) is 9.07 Å². The van der Waals surface area contributed by atoms with E-state index in [2.05, 4.69) is 11.2 Å². The zero-order chi connectivity index (χ0) is 11.0. The average molecular weight is 211 g/mol. The largest absolute Gasteiger partial charge is 0.240 e. The van der Waals surface area contributed by atoms with Crippen molar-refractivity contribution in [2.75, 3.05) is 0 Å². The standard InChI is InChI=1S/C13H8FN2/c14-11-5-7-12(8-6-11)16-9-10-3-1-2-4-13(10)15-16/h1,3-9H. The van der Waals surface area contributed by atoms with Crippen molar-refractivity contribution in [1.82, 2.24) is 9.78 Å². The van der Waals surface area contributed by atoms with E-state index in [9.17, 15) is 4.39 Å². The average Bonchev–Trinajstić information content (AvgIpc) is 2.73. The van der Waals surface area contributed by atoms with Crippen LogP contribution in [0.15, 0.2) is 48.7 Å². The smallest absolute Gasteiger partial charge is 0.123 e. The molecular weight excluding hydrogens is 203 g/mol. The van der Waals surface area contributed by atoms with E-state index < -0.39 is 0 Å². The van der Waals surface area contributed by atoms with E-state index in [-0.39, 0.29) is 5.82 Å². The summed E-state index contributed by atoms with van der Waals surface area (Å²) in [7, 11) is 0. The summed E-state index contributed by atoms with van der Waals surface area (Å²) >= 11 is 0. The van der Waals surface area contributed by atoms with E-state index in [0.29, 0.717) is 0 Å². The monoisotopic (exact) mass is 211 g/mol. The van der Waals surface area contributed by atoms with Gasteiger partial charge in [-0.05, 0) is 36.4 Å². The fourth-order valence-corrected chi connectivity index (χ4v) is 1.63. The Balaban J connectivity index is 2.15. The molecule has 3 heteroatoms. The van der Waals surface area contributed by atoms with Crippen molar-refractivity contribution in [3.05, 3.63) is 60.5 Å². The summed E-state index contributed by atoms with van der Waals surface area (Å²) in [6.07, 6.45) is 1.91. The van der Waals surface area contributed by atoms with Crippen LogP contribution in [0.4, 0.5) is 4.39 Å². The summed E-state index contributed by atoms with van der Waals surface area (Å²) in [5, 5.41) is 5.42. The van der Waals surface area contributed by atoms with Crippen LogP contribution in [0.2, 0.25) is 0 Å². The molecule has 1 aromatic heterocycles. The topological polar surface area (TPSA) is 17.8 Å². The second-order valence-corrected chi connectivity index (χ2v) is 3.54. The van der Waals surface area contributed by atoms with Gasteiger partial charge in [0.05, 0.1) is 11.2 Å². The molecule has 3 rings (SSSR count). The Morgan fingerprint density at radius 3 is 2.69 bits per heavy atom. The molecule has 3 aromatic rings. The van der Waals surface area contributed by atoms with Crippen LogP contribution in [0, 0.1) is 11.9 Å². The van der Waals surface area contributed by atoms with Gasteiger partial charge in [-0.3, -0.25) is 0 Å². The Bertz CT molecular complexity index is 593. The molecule has 2 aromatic carbocycles. The zero-order valence-electron chi connectivity index (χ0n) is 8.39. The van der Waals surface area contributed by atoms with Gasteiger partial charge in [-0.1, -0.05) is 12.1 Å². The van der Waals surface area contributed by atoms with Gasteiger partial charge in [0.25, 0.3) is 0 Å². The van der Waals surface area contributed by atoms with Crippen molar-refractivity contribution >= 4 is 10.9 Å². The first-order valence-corrected chi connectivity index (χ1v) is 4.94. The molecule has 77 valence electrons. The minimum absolute atomic E-state index is 0.242. The number of hydrogen-bond donors (Lipinski definition) is 0. The van der Waals surface area contributed by atoms with Crippen LogP contribution in [-0.4, -0.2) is 9.78 Å². The molecular formula is C13H8FN2. The third kappa shape index (κ3) is 1.46. The highest BCUT2D eigenvalue weighted by Gasteiger charge is 2.01. The molecule has 0 spiro atoms. The molecule has 0 aliphatic rings. The van der Waals surface area contributed by atoms with E-state index in [0.717, 1.165) is 16.6 Å². The van der Waals surface area contributed by atoms with Crippen molar-refractivity contribution in [3.8, 4) is 5.69 Å². The van der Waals surface area contributed by atoms with Crippen molar-refractivity contribution in [2.45, 2.75) is 0 Å². The molecule has 1 heterocycles. The molecule has 2 nitrogen and oxygen atoms in total. The molecule has 16 heavy (non-hydrogen) atoms. The van der Waals surface area contributed by atoms with Crippen LogP contribution in [0.3, 0.4) is 0 Å². The van der Waals surface area contributed by atoms with Crippen LogP contribution in [0.5, 0.6) is 0 Å². The molecule has 0 saturated carbocycles. The van der Waals surface area contributed by atoms with Crippen molar-refractivity contribution in [2.24, 2.45) is 0 Å². The Hall–Kier alpha value is -2.16. The first kappa shape index (κ1) is 9.09. The van der Waals surface area contributed by atoms with E-state index in [4.69, 9.17) is 0 Å². The minimum atomic E-state index is -0.242. The summed E-state index contributed by atoms with van der Waals surface area (Å²) in [5.41, 5.74) is 1.73. The second kappa shape index (κ2) is 3.45. The molecule has 1 radical (unpaired) electrons. The lowest BCUT2D eigenvalue weighted by atomic mass is 10.3. The van der Waals surface area contributed by atoms with Gasteiger partial charge in [-0.15, -0.1) is 0 Å². The van der Waals surface area contributed by atoms with Gasteiger partial charge in [0, 0.05) is 11.6 Å². The number of rotatable bonds is 1. The number of fused-ring (bicyclic) bond motifs is 1. The van der Waals surface area contributed by atoms with E-state index >= 15 is 0 Å². The molecule has 0 aliphatic carbocycles. The van der Waals surface area contributed by atoms with Crippen LogP contribution in [0.25, 0.3) is 16.6 Å². The molecule has 0 amide bonds. The highest BCUT2D eigenvalue weighted by molar-refractivity contribution is 5.78. The molecule has 0 bridgehead atoms.